The van der Waals surface area contributed by atoms with Gasteiger partial charge in [0.2, 0.25) is 0 Å². The highest BCUT2D eigenvalue weighted by Crippen LogP contribution is 2.24. The van der Waals surface area contributed by atoms with Crippen molar-refractivity contribution < 1.29 is 0 Å². The highest BCUT2D eigenvalue weighted by Gasteiger charge is 2.18. The van der Waals surface area contributed by atoms with Crippen molar-refractivity contribution in [3.05, 3.63) is 23.4 Å². The molecule has 1 aliphatic heterocycles. The highest BCUT2D eigenvalue weighted by atomic mass is 15.2. The minimum atomic E-state index is 1.07. The van der Waals surface area contributed by atoms with Crippen LogP contribution in [0.5, 0.6) is 0 Å². The van der Waals surface area contributed by atoms with E-state index in [1.165, 1.54) is 11.4 Å². The molecule has 0 radical (unpaired) electrons. The van der Waals surface area contributed by atoms with Crippen LogP contribution in [0.2, 0.25) is 0 Å². The van der Waals surface area contributed by atoms with E-state index in [-0.39, 0.29) is 0 Å². The molecule has 12 heavy (non-hydrogen) atoms. The number of anilines is 1. The number of rotatable bonds is 1. The van der Waals surface area contributed by atoms with Crippen molar-refractivity contribution >= 4 is 5.82 Å². The van der Waals surface area contributed by atoms with Crippen molar-refractivity contribution in [2.75, 3.05) is 18.0 Å². The van der Waals surface area contributed by atoms with E-state index in [1.54, 1.807) is 0 Å². The van der Waals surface area contributed by atoms with Crippen LogP contribution in [0, 0.1) is 6.92 Å². The fourth-order valence-electron chi connectivity index (χ4n) is 1.71. The number of pyridine rings is 1. The molecular weight excluding hydrogens is 148 g/mol. The van der Waals surface area contributed by atoms with Crippen LogP contribution in [0.4, 0.5) is 5.82 Å². The van der Waals surface area contributed by atoms with Crippen LogP contribution < -0.4 is 4.90 Å². The first-order valence-electron chi connectivity index (χ1n) is 4.52. The monoisotopic (exact) mass is 162 g/mol. The highest BCUT2D eigenvalue weighted by molar-refractivity contribution is 5.52. The number of aromatic nitrogens is 1. The summed E-state index contributed by atoms with van der Waals surface area (Å²) in [6.45, 7) is 6.44. The van der Waals surface area contributed by atoms with Gasteiger partial charge in [0, 0.05) is 18.8 Å². The molecule has 0 saturated carbocycles. The average Bonchev–Trinajstić information content (AvgIpc) is 2.46. The van der Waals surface area contributed by atoms with Crippen LogP contribution in [0.1, 0.15) is 18.2 Å². The molecule has 0 unspecified atom stereocenters. The Morgan fingerprint density at radius 1 is 1.50 bits per heavy atom. The van der Waals surface area contributed by atoms with Crippen LogP contribution >= 0.6 is 0 Å². The molecule has 0 saturated heterocycles. The minimum Gasteiger partial charge on any atom is -0.356 e. The summed E-state index contributed by atoms with van der Waals surface area (Å²) in [5.41, 5.74) is 2.52. The summed E-state index contributed by atoms with van der Waals surface area (Å²) in [5, 5.41) is 0. The van der Waals surface area contributed by atoms with E-state index in [2.05, 4.69) is 28.9 Å². The lowest BCUT2D eigenvalue weighted by molar-refractivity contribution is 0.855. The third-order valence-corrected chi connectivity index (χ3v) is 2.43. The molecule has 1 aliphatic rings. The van der Waals surface area contributed by atoms with Gasteiger partial charge in [-0.1, -0.05) is 6.07 Å². The molecule has 2 rings (SSSR count). The molecule has 2 nitrogen and oxygen atoms in total. The van der Waals surface area contributed by atoms with Gasteiger partial charge in [0.1, 0.15) is 5.82 Å². The normalized spacial score (nSPS) is 15.0. The summed E-state index contributed by atoms with van der Waals surface area (Å²) >= 11 is 0. The Labute approximate surface area is 73.2 Å². The number of aryl methyl sites for hydroxylation is 1. The van der Waals surface area contributed by atoms with Crippen molar-refractivity contribution in [3.63, 3.8) is 0 Å². The van der Waals surface area contributed by atoms with Gasteiger partial charge in [-0.3, -0.25) is 0 Å². The largest absolute Gasteiger partial charge is 0.356 e. The van der Waals surface area contributed by atoms with Crippen LogP contribution in [-0.4, -0.2) is 18.1 Å². The maximum atomic E-state index is 4.53. The van der Waals surface area contributed by atoms with Gasteiger partial charge in [-0.25, -0.2) is 4.98 Å². The molecule has 0 aromatic carbocycles. The van der Waals surface area contributed by atoms with Gasteiger partial charge in [-0.15, -0.1) is 0 Å². The smallest absolute Gasteiger partial charge is 0.132 e. The molecule has 1 aromatic heterocycles. The zero-order valence-corrected chi connectivity index (χ0v) is 7.67. The summed E-state index contributed by atoms with van der Waals surface area (Å²) in [6.07, 6.45) is 1.16. The van der Waals surface area contributed by atoms with E-state index < -0.39 is 0 Å². The summed E-state index contributed by atoms with van der Waals surface area (Å²) in [4.78, 5) is 6.87. The standard InChI is InChI=1S/C10H14N2/c1-3-12-7-6-9-5-4-8(2)11-10(9)12/h4-5H,3,6-7H2,1-2H3. The van der Waals surface area contributed by atoms with Gasteiger partial charge < -0.3 is 4.90 Å². The summed E-state index contributed by atoms with van der Waals surface area (Å²) in [7, 11) is 0. The van der Waals surface area contributed by atoms with Crippen molar-refractivity contribution in [2.24, 2.45) is 0 Å². The minimum absolute atomic E-state index is 1.07. The van der Waals surface area contributed by atoms with Crippen molar-refractivity contribution in [1.29, 1.82) is 0 Å². The van der Waals surface area contributed by atoms with Crippen molar-refractivity contribution in [3.8, 4) is 0 Å². The Hall–Kier alpha value is -1.05. The summed E-state index contributed by atoms with van der Waals surface area (Å²) in [5.74, 6) is 1.21. The molecule has 1 aromatic rings. The fraction of sp³-hybridized carbons (Fsp3) is 0.500. The molecule has 2 heterocycles. The van der Waals surface area contributed by atoms with E-state index >= 15 is 0 Å². The fourth-order valence-corrected chi connectivity index (χ4v) is 1.71. The topological polar surface area (TPSA) is 16.1 Å². The second-order valence-electron chi connectivity index (χ2n) is 3.27. The lowest BCUT2D eigenvalue weighted by atomic mass is 10.2. The Balaban J connectivity index is 2.42. The van der Waals surface area contributed by atoms with E-state index in [1.807, 2.05) is 6.92 Å². The zero-order valence-electron chi connectivity index (χ0n) is 7.67. The van der Waals surface area contributed by atoms with E-state index in [4.69, 9.17) is 0 Å². The second kappa shape index (κ2) is 2.77. The van der Waals surface area contributed by atoms with Crippen LogP contribution in [0.25, 0.3) is 0 Å². The first kappa shape index (κ1) is 7.59. The zero-order chi connectivity index (χ0) is 8.55. The van der Waals surface area contributed by atoms with Crippen molar-refractivity contribution in [1.82, 2.24) is 4.98 Å². The van der Waals surface area contributed by atoms with Crippen LogP contribution in [0.15, 0.2) is 12.1 Å². The molecule has 0 aliphatic carbocycles. The maximum absolute atomic E-state index is 4.53. The first-order chi connectivity index (χ1) is 5.81. The molecule has 0 fully saturated rings. The molecule has 2 heteroatoms. The summed E-state index contributed by atoms with van der Waals surface area (Å²) in [6, 6.07) is 4.30. The van der Waals surface area contributed by atoms with Crippen LogP contribution in [-0.2, 0) is 6.42 Å². The van der Waals surface area contributed by atoms with Gasteiger partial charge in [0.15, 0.2) is 0 Å². The van der Waals surface area contributed by atoms with Gasteiger partial charge >= 0.3 is 0 Å². The third-order valence-electron chi connectivity index (χ3n) is 2.43. The van der Waals surface area contributed by atoms with Gasteiger partial charge in [0.25, 0.3) is 0 Å². The Morgan fingerprint density at radius 3 is 3.08 bits per heavy atom. The maximum Gasteiger partial charge on any atom is 0.132 e. The van der Waals surface area contributed by atoms with Gasteiger partial charge in [0.05, 0.1) is 0 Å². The Morgan fingerprint density at radius 2 is 2.33 bits per heavy atom. The molecule has 0 atom stereocenters. The molecule has 0 bridgehead atoms. The molecule has 0 N–H and O–H groups in total. The molecular formula is C10H14N2. The molecule has 0 spiro atoms. The number of hydrogen-bond donors (Lipinski definition) is 0. The number of fused-ring (bicyclic) bond motifs is 1. The summed E-state index contributed by atoms with van der Waals surface area (Å²) < 4.78 is 0. The average molecular weight is 162 g/mol. The SMILES string of the molecule is CCN1CCc2ccc(C)nc21. The lowest BCUT2D eigenvalue weighted by Crippen LogP contribution is -2.20. The quantitative estimate of drug-likeness (QED) is 0.625. The predicted molar refractivity (Wildman–Crippen MR) is 50.6 cm³/mol. The van der Waals surface area contributed by atoms with E-state index in [0.717, 1.165) is 25.2 Å². The Bertz CT molecular complexity index is 294. The van der Waals surface area contributed by atoms with Crippen molar-refractivity contribution in [2.45, 2.75) is 20.3 Å². The second-order valence-corrected chi connectivity index (χ2v) is 3.27. The third kappa shape index (κ3) is 1.07. The predicted octanol–water partition coefficient (Wildman–Crippen LogP) is 1.77. The van der Waals surface area contributed by atoms with Crippen LogP contribution in [0.3, 0.4) is 0 Å². The van der Waals surface area contributed by atoms with E-state index in [9.17, 15) is 0 Å². The van der Waals surface area contributed by atoms with E-state index in [0.29, 0.717) is 0 Å². The molecule has 64 valence electrons. The molecule has 0 amide bonds. The van der Waals surface area contributed by atoms with Gasteiger partial charge in [-0.2, -0.15) is 0 Å². The first-order valence-corrected chi connectivity index (χ1v) is 4.52. The number of likely N-dealkylation sites (N-methyl/N-ethyl adjacent to an activating group) is 1. The number of nitrogens with zero attached hydrogens (tertiary/aromatic N) is 2. The Kier molecular flexibility index (Phi) is 1.75. The van der Waals surface area contributed by atoms with Gasteiger partial charge in [-0.05, 0) is 31.9 Å². The lowest BCUT2D eigenvalue weighted by Gasteiger charge is -2.15. The number of hydrogen-bond acceptors (Lipinski definition) is 2.